The van der Waals surface area contributed by atoms with Gasteiger partial charge in [0.05, 0.1) is 30.9 Å². The zero-order valence-corrected chi connectivity index (χ0v) is 14.4. The van der Waals surface area contributed by atoms with E-state index in [4.69, 9.17) is 9.47 Å². The molecular formula is C19H20N4O3. The molecule has 2 amide bonds. The van der Waals surface area contributed by atoms with E-state index in [0.717, 1.165) is 22.2 Å². The fraction of sp³-hybridized carbons (Fsp3) is 0.263. The summed E-state index contributed by atoms with van der Waals surface area (Å²) in [5, 5.41) is 11.2. The van der Waals surface area contributed by atoms with Crippen molar-refractivity contribution in [2.75, 3.05) is 25.6 Å². The molecule has 0 fully saturated rings. The Hall–Kier alpha value is -3.06. The number of rotatable bonds is 5. The number of nitrogens with zero attached hydrogens (tertiary/aromatic N) is 2. The van der Waals surface area contributed by atoms with E-state index in [1.807, 2.05) is 53.3 Å². The van der Waals surface area contributed by atoms with Gasteiger partial charge in [0.2, 0.25) is 0 Å². The quantitative estimate of drug-likeness (QED) is 0.740. The molecule has 0 spiro atoms. The minimum atomic E-state index is -0.266. The summed E-state index contributed by atoms with van der Waals surface area (Å²) in [5.74, 6) is 0.821. The number of anilines is 1. The fourth-order valence-corrected chi connectivity index (χ4v) is 3.11. The van der Waals surface area contributed by atoms with Crippen molar-refractivity contribution in [2.24, 2.45) is 0 Å². The van der Waals surface area contributed by atoms with Gasteiger partial charge in [0.15, 0.2) is 0 Å². The van der Waals surface area contributed by atoms with Crippen LogP contribution in [0.2, 0.25) is 0 Å². The van der Waals surface area contributed by atoms with Crippen LogP contribution in [0.5, 0.6) is 5.75 Å². The lowest BCUT2D eigenvalue weighted by molar-refractivity contribution is 0.185. The van der Waals surface area contributed by atoms with Crippen LogP contribution in [0.3, 0.4) is 0 Å². The highest BCUT2D eigenvalue weighted by Gasteiger charge is 2.25. The van der Waals surface area contributed by atoms with Crippen molar-refractivity contribution in [2.45, 2.75) is 12.6 Å². The van der Waals surface area contributed by atoms with Gasteiger partial charge in [0.25, 0.3) is 0 Å². The van der Waals surface area contributed by atoms with Crippen LogP contribution < -0.4 is 15.4 Å². The minimum Gasteiger partial charge on any atom is -0.491 e. The minimum absolute atomic E-state index is 0.151. The summed E-state index contributed by atoms with van der Waals surface area (Å²) in [6.45, 7) is 1.68. The highest BCUT2D eigenvalue weighted by molar-refractivity contribution is 5.92. The number of para-hydroxylation sites is 1. The Morgan fingerprint density at radius 1 is 1.35 bits per heavy atom. The molecule has 0 saturated heterocycles. The van der Waals surface area contributed by atoms with Gasteiger partial charge in [-0.2, -0.15) is 5.10 Å². The van der Waals surface area contributed by atoms with Gasteiger partial charge in [-0.15, -0.1) is 0 Å². The molecule has 0 saturated carbocycles. The van der Waals surface area contributed by atoms with Gasteiger partial charge in [0.1, 0.15) is 12.4 Å². The van der Waals surface area contributed by atoms with Crippen molar-refractivity contribution < 1.29 is 14.3 Å². The van der Waals surface area contributed by atoms with E-state index in [0.29, 0.717) is 25.4 Å². The molecule has 1 aromatic heterocycles. The second kappa shape index (κ2) is 7.05. The lowest BCUT2D eigenvalue weighted by Gasteiger charge is -2.13. The third kappa shape index (κ3) is 3.21. The Kier molecular flexibility index (Phi) is 4.45. The largest absolute Gasteiger partial charge is 0.491 e. The van der Waals surface area contributed by atoms with Crippen LogP contribution in [-0.2, 0) is 11.3 Å². The summed E-state index contributed by atoms with van der Waals surface area (Å²) < 4.78 is 12.6. The van der Waals surface area contributed by atoms with E-state index in [1.165, 1.54) is 0 Å². The van der Waals surface area contributed by atoms with E-state index < -0.39 is 0 Å². The zero-order valence-electron chi connectivity index (χ0n) is 14.4. The van der Waals surface area contributed by atoms with Crippen LogP contribution in [0.25, 0.3) is 10.9 Å². The molecule has 4 rings (SSSR count). The highest BCUT2D eigenvalue weighted by Crippen LogP contribution is 2.31. The predicted octanol–water partition coefficient (Wildman–Crippen LogP) is 2.94. The summed E-state index contributed by atoms with van der Waals surface area (Å²) >= 11 is 0. The monoisotopic (exact) mass is 352 g/mol. The van der Waals surface area contributed by atoms with Gasteiger partial charge in [0, 0.05) is 23.7 Å². The number of carbonyl (C=O) groups excluding carboxylic acids is 1. The second-order valence-electron chi connectivity index (χ2n) is 6.13. The lowest BCUT2D eigenvalue weighted by atomic mass is 10.1. The van der Waals surface area contributed by atoms with Crippen LogP contribution >= 0.6 is 0 Å². The maximum absolute atomic E-state index is 12.4. The number of carbonyl (C=O) groups is 1. The number of fused-ring (bicyclic) bond motifs is 2. The standard InChI is InChI=1S/C19H20N4O3/c1-25-9-8-23-17-10-14(7-6-13(17)11-20-23)21-19(24)22-16-12-26-18-5-3-2-4-15(16)18/h2-7,10-11,16H,8-9,12H2,1H3,(H2,21,22,24). The Morgan fingerprint density at radius 2 is 2.23 bits per heavy atom. The molecule has 7 nitrogen and oxygen atoms in total. The maximum atomic E-state index is 12.4. The van der Waals surface area contributed by atoms with Crippen LogP contribution in [0.4, 0.5) is 10.5 Å². The van der Waals surface area contributed by atoms with Crippen molar-refractivity contribution in [3.8, 4) is 5.75 Å². The number of hydrogen-bond acceptors (Lipinski definition) is 4. The van der Waals surface area contributed by atoms with E-state index >= 15 is 0 Å². The van der Waals surface area contributed by atoms with E-state index in [9.17, 15) is 4.79 Å². The van der Waals surface area contributed by atoms with E-state index in [1.54, 1.807) is 7.11 Å². The molecule has 1 aliphatic rings. The fourth-order valence-electron chi connectivity index (χ4n) is 3.11. The smallest absolute Gasteiger partial charge is 0.319 e. The number of hydrogen-bond donors (Lipinski definition) is 2. The van der Waals surface area contributed by atoms with Gasteiger partial charge >= 0.3 is 6.03 Å². The molecule has 1 atom stereocenters. The third-order valence-corrected chi connectivity index (χ3v) is 4.42. The van der Waals surface area contributed by atoms with Gasteiger partial charge in [-0.05, 0) is 24.3 Å². The molecule has 1 aliphatic heterocycles. The number of aromatic nitrogens is 2. The first-order valence-corrected chi connectivity index (χ1v) is 8.48. The van der Waals surface area contributed by atoms with Crippen molar-refractivity contribution in [3.63, 3.8) is 0 Å². The summed E-state index contributed by atoms with van der Waals surface area (Å²) in [5.41, 5.74) is 2.66. The molecule has 134 valence electrons. The van der Waals surface area contributed by atoms with Gasteiger partial charge < -0.3 is 20.1 Å². The summed E-state index contributed by atoms with van der Waals surface area (Å²) in [4.78, 5) is 12.4. The second-order valence-corrected chi connectivity index (χ2v) is 6.13. The van der Waals surface area contributed by atoms with Gasteiger partial charge in [-0.3, -0.25) is 4.68 Å². The highest BCUT2D eigenvalue weighted by atomic mass is 16.5. The summed E-state index contributed by atoms with van der Waals surface area (Å²) in [6.07, 6.45) is 1.81. The average molecular weight is 352 g/mol. The molecule has 2 aromatic carbocycles. The third-order valence-electron chi connectivity index (χ3n) is 4.42. The Labute approximate surface area is 150 Å². The number of urea groups is 1. The molecule has 2 N–H and O–H groups in total. The number of nitrogens with one attached hydrogen (secondary N) is 2. The SMILES string of the molecule is COCCn1ncc2ccc(NC(=O)NC3COc4ccccc43)cc21. The molecule has 0 radical (unpaired) electrons. The number of methoxy groups -OCH3 is 1. The van der Waals surface area contributed by atoms with Crippen LogP contribution in [-0.4, -0.2) is 36.1 Å². The van der Waals surface area contributed by atoms with Crippen molar-refractivity contribution in [1.29, 1.82) is 0 Å². The molecule has 0 bridgehead atoms. The number of amides is 2. The molecule has 0 aliphatic carbocycles. The lowest BCUT2D eigenvalue weighted by Crippen LogP contribution is -2.33. The van der Waals surface area contributed by atoms with Crippen LogP contribution in [0.1, 0.15) is 11.6 Å². The van der Waals surface area contributed by atoms with Gasteiger partial charge in [-0.25, -0.2) is 4.79 Å². The molecule has 7 heteroatoms. The molecular weight excluding hydrogens is 332 g/mol. The first kappa shape index (κ1) is 16.4. The topological polar surface area (TPSA) is 77.4 Å². The predicted molar refractivity (Wildman–Crippen MR) is 98.4 cm³/mol. The number of ether oxygens (including phenoxy) is 2. The summed E-state index contributed by atoms with van der Waals surface area (Å²) in [7, 11) is 1.66. The first-order valence-electron chi connectivity index (χ1n) is 8.48. The number of benzene rings is 2. The van der Waals surface area contributed by atoms with Crippen LogP contribution in [0.15, 0.2) is 48.7 Å². The van der Waals surface area contributed by atoms with Crippen LogP contribution in [0, 0.1) is 0 Å². The normalized spacial score (nSPS) is 15.5. The average Bonchev–Trinajstić information content (AvgIpc) is 3.24. The Morgan fingerprint density at radius 3 is 3.12 bits per heavy atom. The summed E-state index contributed by atoms with van der Waals surface area (Å²) in [6, 6.07) is 13.0. The molecule has 26 heavy (non-hydrogen) atoms. The zero-order chi connectivity index (χ0) is 17.9. The Balaban J connectivity index is 1.46. The molecule has 3 aromatic rings. The van der Waals surface area contributed by atoms with E-state index in [2.05, 4.69) is 15.7 Å². The van der Waals surface area contributed by atoms with Crippen molar-refractivity contribution in [1.82, 2.24) is 15.1 Å². The van der Waals surface area contributed by atoms with E-state index in [-0.39, 0.29) is 12.1 Å². The van der Waals surface area contributed by atoms with Crippen molar-refractivity contribution in [3.05, 3.63) is 54.2 Å². The van der Waals surface area contributed by atoms with Crippen molar-refractivity contribution >= 4 is 22.6 Å². The molecule has 1 unspecified atom stereocenters. The Bertz CT molecular complexity index is 937. The molecule has 2 heterocycles. The maximum Gasteiger partial charge on any atom is 0.319 e. The first-order chi connectivity index (χ1) is 12.7. The van der Waals surface area contributed by atoms with Gasteiger partial charge in [-0.1, -0.05) is 18.2 Å².